The van der Waals surface area contributed by atoms with Gasteiger partial charge in [0.25, 0.3) is 0 Å². The second kappa shape index (κ2) is 6.51. The first-order valence-electron chi connectivity index (χ1n) is 7.91. The van der Waals surface area contributed by atoms with Gasteiger partial charge in [0.1, 0.15) is 5.69 Å². The monoisotopic (exact) mass is 355 g/mol. The summed E-state index contributed by atoms with van der Waals surface area (Å²) in [5, 5.41) is 4.17. The van der Waals surface area contributed by atoms with Crippen LogP contribution in [0.4, 0.5) is 0 Å². The van der Waals surface area contributed by atoms with Crippen molar-refractivity contribution in [2.75, 3.05) is 28.1 Å². The molecule has 4 rings (SSSR count). The Morgan fingerprint density at radius 2 is 1.69 bits per heavy atom. The number of methoxy groups -OCH3 is 3. The fourth-order valence-corrected chi connectivity index (χ4v) is 2.89. The number of hydrogen-bond acceptors (Lipinski definition) is 7. The number of aromatic nitrogens is 1. The van der Waals surface area contributed by atoms with Crippen LogP contribution in [0.5, 0.6) is 28.7 Å². The van der Waals surface area contributed by atoms with Crippen molar-refractivity contribution < 1.29 is 28.2 Å². The van der Waals surface area contributed by atoms with Crippen LogP contribution in [0, 0.1) is 0 Å². The highest BCUT2D eigenvalue weighted by molar-refractivity contribution is 5.75. The van der Waals surface area contributed by atoms with Crippen LogP contribution in [0.1, 0.15) is 0 Å². The fraction of sp³-hybridized carbons (Fsp3) is 0.211. The van der Waals surface area contributed by atoms with Crippen LogP contribution in [0.3, 0.4) is 0 Å². The molecule has 0 atom stereocenters. The van der Waals surface area contributed by atoms with E-state index in [0.717, 1.165) is 11.1 Å². The molecular weight excluding hydrogens is 338 g/mol. The molecule has 134 valence electrons. The molecule has 0 saturated carbocycles. The van der Waals surface area contributed by atoms with Gasteiger partial charge in [-0.2, -0.15) is 0 Å². The summed E-state index contributed by atoms with van der Waals surface area (Å²) in [6.07, 6.45) is 0. The number of benzene rings is 2. The first-order valence-corrected chi connectivity index (χ1v) is 7.91. The lowest BCUT2D eigenvalue weighted by molar-refractivity contribution is 0.174. The molecule has 0 amide bonds. The molecule has 2 aromatic carbocycles. The highest BCUT2D eigenvalue weighted by atomic mass is 16.7. The Morgan fingerprint density at radius 3 is 2.38 bits per heavy atom. The molecule has 26 heavy (non-hydrogen) atoms. The van der Waals surface area contributed by atoms with Crippen LogP contribution in [0.2, 0.25) is 0 Å². The Kier molecular flexibility index (Phi) is 4.04. The lowest BCUT2D eigenvalue weighted by atomic mass is 10.1. The van der Waals surface area contributed by atoms with Crippen LogP contribution in [0.15, 0.2) is 40.9 Å². The summed E-state index contributed by atoms with van der Waals surface area (Å²) in [6.45, 7) is 0.195. The molecule has 7 nitrogen and oxygen atoms in total. The molecule has 7 heteroatoms. The number of hydrogen-bond donors (Lipinski definition) is 0. The van der Waals surface area contributed by atoms with Gasteiger partial charge in [-0.05, 0) is 24.3 Å². The lowest BCUT2D eigenvalue weighted by Crippen LogP contribution is -1.95. The number of rotatable bonds is 5. The minimum Gasteiger partial charge on any atom is -0.493 e. The van der Waals surface area contributed by atoms with E-state index in [0.29, 0.717) is 40.2 Å². The first-order chi connectivity index (χ1) is 12.7. The van der Waals surface area contributed by atoms with Crippen LogP contribution in [-0.2, 0) is 0 Å². The maximum atomic E-state index is 5.54. The first kappa shape index (κ1) is 16.1. The zero-order valence-corrected chi connectivity index (χ0v) is 14.6. The lowest BCUT2D eigenvalue weighted by Gasteiger charge is -2.13. The van der Waals surface area contributed by atoms with Crippen molar-refractivity contribution in [1.82, 2.24) is 5.16 Å². The smallest absolute Gasteiger partial charge is 0.231 e. The highest BCUT2D eigenvalue weighted by Gasteiger charge is 2.22. The maximum Gasteiger partial charge on any atom is 0.231 e. The summed E-state index contributed by atoms with van der Waals surface area (Å²) in [4.78, 5) is 0. The molecule has 1 aliphatic rings. The van der Waals surface area contributed by atoms with E-state index in [9.17, 15) is 0 Å². The van der Waals surface area contributed by atoms with Crippen LogP contribution in [-0.4, -0.2) is 33.3 Å². The molecule has 0 bridgehead atoms. The average molecular weight is 355 g/mol. The molecule has 0 saturated heterocycles. The number of nitrogens with zero attached hydrogens (tertiary/aromatic N) is 1. The van der Waals surface area contributed by atoms with Gasteiger partial charge < -0.3 is 28.2 Å². The standard InChI is InChI=1S/C19H17NO6/c1-21-16-7-11(8-17(22-2)19(16)23-3)13-9-15(26-20-13)12-5-4-6-14-18(12)25-10-24-14/h4-9H,10H2,1-3H3. The summed E-state index contributed by atoms with van der Waals surface area (Å²) in [5.41, 5.74) is 2.20. The number of fused-ring (bicyclic) bond motifs is 1. The van der Waals surface area contributed by atoms with Crippen LogP contribution in [0.25, 0.3) is 22.6 Å². The van der Waals surface area contributed by atoms with Gasteiger partial charge in [0, 0.05) is 11.6 Å². The molecule has 0 spiro atoms. The largest absolute Gasteiger partial charge is 0.493 e. The van der Waals surface area contributed by atoms with Crippen molar-refractivity contribution in [3.8, 4) is 51.3 Å². The van der Waals surface area contributed by atoms with E-state index in [4.69, 9.17) is 28.2 Å². The Hall–Kier alpha value is -3.35. The van der Waals surface area contributed by atoms with Crippen molar-refractivity contribution in [2.24, 2.45) is 0 Å². The Bertz CT molecular complexity index is 924. The summed E-state index contributed by atoms with van der Waals surface area (Å²) in [5.74, 6) is 3.53. The topological polar surface area (TPSA) is 72.2 Å². The minimum atomic E-state index is 0.195. The summed E-state index contributed by atoms with van der Waals surface area (Å²) in [7, 11) is 4.70. The Labute approximate surface area is 150 Å². The van der Waals surface area contributed by atoms with E-state index in [1.165, 1.54) is 0 Å². The van der Waals surface area contributed by atoms with E-state index in [1.54, 1.807) is 21.3 Å². The van der Waals surface area contributed by atoms with E-state index < -0.39 is 0 Å². The predicted octanol–water partition coefficient (Wildman–Crippen LogP) is 3.76. The van der Waals surface area contributed by atoms with Crippen molar-refractivity contribution >= 4 is 0 Å². The second-order valence-corrected chi connectivity index (χ2v) is 5.53. The van der Waals surface area contributed by atoms with Crippen molar-refractivity contribution in [3.63, 3.8) is 0 Å². The summed E-state index contributed by atoms with van der Waals surface area (Å²) < 4.78 is 32.6. The van der Waals surface area contributed by atoms with Gasteiger partial charge in [-0.3, -0.25) is 0 Å². The van der Waals surface area contributed by atoms with E-state index >= 15 is 0 Å². The van der Waals surface area contributed by atoms with Gasteiger partial charge in [0.2, 0.25) is 12.5 Å². The Morgan fingerprint density at radius 1 is 0.923 bits per heavy atom. The molecule has 1 aromatic heterocycles. The zero-order chi connectivity index (χ0) is 18.1. The van der Waals surface area contributed by atoms with Gasteiger partial charge in [-0.25, -0.2) is 0 Å². The fourth-order valence-electron chi connectivity index (χ4n) is 2.89. The maximum absolute atomic E-state index is 5.54. The zero-order valence-electron chi connectivity index (χ0n) is 14.6. The summed E-state index contributed by atoms with van der Waals surface area (Å²) in [6, 6.07) is 11.1. The third-order valence-electron chi connectivity index (χ3n) is 4.13. The quantitative estimate of drug-likeness (QED) is 0.690. The van der Waals surface area contributed by atoms with E-state index in [2.05, 4.69) is 5.16 Å². The van der Waals surface area contributed by atoms with Gasteiger partial charge >= 0.3 is 0 Å². The minimum absolute atomic E-state index is 0.195. The molecular formula is C19H17NO6. The van der Waals surface area contributed by atoms with Crippen LogP contribution < -0.4 is 23.7 Å². The molecule has 1 aliphatic heterocycles. The van der Waals surface area contributed by atoms with Gasteiger partial charge in [-0.15, -0.1) is 0 Å². The molecule has 0 aliphatic carbocycles. The third kappa shape index (κ3) is 2.57. The normalized spacial score (nSPS) is 12.1. The van der Waals surface area contributed by atoms with E-state index in [1.807, 2.05) is 36.4 Å². The van der Waals surface area contributed by atoms with Crippen LogP contribution >= 0.6 is 0 Å². The predicted molar refractivity (Wildman–Crippen MR) is 93.2 cm³/mol. The van der Waals surface area contributed by atoms with Crippen molar-refractivity contribution in [3.05, 3.63) is 36.4 Å². The molecule has 0 N–H and O–H groups in total. The molecule has 3 aromatic rings. The van der Waals surface area contributed by atoms with Crippen molar-refractivity contribution in [2.45, 2.75) is 0 Å². The average Bonchev–Trinajstić information content (AvgIpc) is 3.35. The Balaban J connectivity index is 1.76. The molecule has 0 unspecified atom stereocenters. The van der Waals surface area contributed by atoms with Gasteiger partial charge in [0.05, 0.1) is 26.9 Å². The number of ether oxygens (including phenoxy) is 5. The third-order valence-corrected chi connectivity index (χ3v) is 4.13. The second-order valence-electron chi connectivity index (χ2n) is 5.53. The SMILES string of the molecule is COc1cc(-c2cc(-c3cccc4c3OCO4)on2)cc(OC)c1OC. The summed E-state index contributed by atoms with van der Waals surface area (Å²) >= 11 is 0. The van der Waals surface area contributed by atoms with Gasteiger partial charge in [0.15, 0.2) is 28.8 Å². The van der Waals surface area contributed by atoms with Crippen molar-refractivity contribution in [1.29, 1.82) is 0 Å². The van der Waals surface area contributed by atoms with Gasteiger partial charge in [-0.1, -0.05) is 11.2 Å². The number of para-hydroxylation sites is 1. The molecule has 0 radical (unpaired) electrons. The molecule has 2 heterocycles. The molecule has 0 fully saturated rings. The van der Waals surface area contributed by atoms with E-state index in [-0.39, 0.29) is 6.79 Å². The highest BCUT2D eigenvalue weighted by Crippen LogP contribution is 2.44.